The maximum absolute atomic E-state index is 6.20. The summed E-state index contributed by atoms with van der Waals surface area (Å²) >= 11 is 6.20. The van der Waals surface area contributed by atoms with Crippen molar-refractivity contribution in [1.29, 1.82) is 0 Å². The van der Waals surface area contributed by atoms with E-state index >= 15 is 0 Å². The molecule has 0 amide bonds. The number of nitrogens with zero attached hydrogens (tertiary/aromatic N) is 5. The summed E-state index contributed by atoms with van der Waals surface area (Å²) < 4.78 is 9.76. The van der Waals surface area contributed by atoms with Gasteiger partial charge in [-0.15, -0.1) is 0 Å². The van der Waals surface area contributed by atoms with Crippen LogP contribution in [0.4, 0.5) is 0 Å². The first-order valence-corrected chi connectivity index (χ1v) is 12.1. The SMILES string of the molecule is CCn1c(Cc2ccnn2-c2cccc(Cl)c2)nc2cc(C(C)=NOC3CCCCO3)ccc21. The number of imidazole rings is 1. The van der Waals surface area contributed by atoms with Gasteiger partial charge in [-0.2, -0.15) is 5.10 Å². The summed E-state index contributed by atoms with van der Waals surface area (Å²) in [5, 5.41) is 9.52. The molecule has 1 saturated heterocycles. The van der Waals surface area contributed by atoms with E-state index in [4.69, 9.17) is 26.2 Å². The van der Waals surface area contributed by atoms with E-state index in [9.17, 15) is 0 Å². The van der Waals surface area contributed by atoms with Crippen molar-refractivity contribution in [3.63, 3.8) is 0 Å². The average Bonchev–Trinajstić information content (AvgIpc) is 3.46. The molecule has 1 fully saturated rings. The van der Waals surface area contributed by atoms with Gasteiger partial charge in [0.05, 0.1) is 34.7 Å². The second-order valence-electron chi connectivity index (χ2n) is 8.45. The molecular weight excluding hydrogens is 450 g/mol. The van der Waals surface area contributed by atoms with Crippen molar-refractivity contribution >= 4 is 28.3 Å². The van der Waals surface area contributed by atoms with Gasteiger partial charge in [0.25, 0.3) is 0 Å². The van der Waals surface area contributed by atoms with Crippen molar-refractivity contribution < 1.29 is 9.57 Å². The molecule has 1 atom stereocenters. The van der Waals surface area contributed by atoms with Crippen LogP contribution in [0.3, 0.4) is 0 Å². The van der Waals surface area contributed by atoms with Crippen molar-refractivity contribution in [3.05, 3.63) is 76.8 Å². The van der Waals surface area contributed by atoms with Crippen LogP contribution < -0.4 is 0 Å². The third-order valence-corrected chi connectivity index (χ3v) is 6.35. The number of hydrogen-bond acceptors (Lipinski definition) is 5. The molecular formula is C26H28ClN5O2. The lowest BCUT2D eigenvalue weighted by atomic mass is 10.1. The molecule has 5 rings (SSSR count). The molecule has 3 heterocycles. The van der Waals surface area contributed by atoms with Gasteiger partial charge in [-0.1, -0.05) is 28.9 Å². The molecule has 2 aromatic heterocycles. The molecule has 1 aliphatic rings. The minimum Gasteiger partial charge on any atom is -0.363 e. The Balaban J connectivity index is 1.41. The number of benzene rings is 2. The molecule has 34 heavy (non-hydrogen) atoms. The Morgan fingerprint density at radius 3 is 2.91 bits per heavy atom. The van der Waals surface area contributed by atoms with Gasteiger partial charge in [0.2, 0.25) is 6.29 Å². The zero-order chi connectivity index (χ0) is 23.5. The summed E-state index contributed by atoms with van der Waals surface area (Å²) in [5.74, 6) is 0.986. The lowest BCUT2D eigenvalue weighted by molar-refractivity contribution is -0.162. The molecule has 1 unspecified atom stereocenters. The van der Waals surface area contributed by atoms with Gasteiger partial charge >= 0.3 is 0 Å². The summed E-state index contributed by atoms with van der Waals surface area (Å²) in [6.07, 6.45) is 5.29. The molecule has 0 spiro atoms. The van der Waals surface area contributed by atoms with E-state index in [0.29, 0.717) is 11.4 Å². The second-order valence-corrected chi connectivity index (χ2v) is 8.88. The van der Waals surface area contributed by atoms with Crippen LogP contribution in [0.25, 0.3) is 16.7 Å². The molecule has 0 radical (unpaired) electrons. The lowest BCUT2D eigenvalue weighted by Crippen LogP contribution is -2.20. The Morgan fingerprint density at radius 1 is 1.21 bits per heavy atom. The summed E-state index contributed by atoms with van der Waals surface area (Å²) in [6, 6.07) is 16.0. The van der Waals surface area contributed by atoms with Gasteiger partial charge in [-0.3, -0.25) is 0 Å². The van der Waals surface area contributed by atoms with Crippen molar-refractivity contribution in [2.45, 2.75) is 52.4 Å². The van der Waals surface area contributed by atoms with Crippen LogP contribution >= 0.6 is 11.6 Å². The fourth-order valence-electron chi connectivity index (χ4n) is 4.34. The molecule has 176 valence electrons. The smallest absolute Gasteiger partial charge is 0.226 e. The van der Waals surface area contributed by atoms with Crippen LogP contribution in [0.15, 0.2) is 59.9 Å². The van der Waals surface area contributed by atoms with E-state index in [0.717, 1.165) is 71.9 Å². The normalized spacial score (nSPS) is 16.8. The van der Waals surface area contributed by atoms with E-state index in [1.54, 1.807) is 0 Å². The topological polar surface area (TPSA) is 66.5 Å². The molecule has 4 aromatic rings. The van der Waals surface area contributed by atoms with Crippen LogP contribution in [0.2, 0.25) is 5.02 Å². The molecule has 1 aliphatic heterocycles. The molecule has 0 N–H and O–H groups in total. The standard InChI is InChI=1S/C26H28ClN5O2/c1-3-31-24-11-10-19(18(2)30-34-26-9-4-5-14-33-26)15-23(24)29-25(31)17-22-12-13-28-32(22)21-8-6-7-20(27)16-21/h6-8,10-13,15-16,26H,3-5,9,14,17H2,1-2H3. The number of hydrogen-bond donors (Lipinski definition) is 0. The van der Waals surface area contributed by atoms with E-state index in [-0.39, 0.29) is 6.29 Å². The van der Waals surface area contributed by atoms with Crippen molar-refractivity contribution in [2.24, 2.45) is 5.16 Å². The summed E-state index contributed by atoms with van der Waals surface area (Å²) in [6.45, 7) is 5.65. The van der Waals surface area contributed by atoms with Crippen molar-refractivity contribution in [1.82, 2.24) is 19.3 Å². The summed E-state index contributed by atoms with van der Waals surface area (Å²) in [5.41, 5.74) is 5.81. The Hall–Kier alpha value is -3.16. The Bertz CT molecular complexity index is 1320. The predicted molar refractivity (Wildman–Crippen MR) is 134 cm³/mol. The highest BCUT2D eigenvalue weighted by atomic mass is 35.5. The van der Waals surface area contributed by atoms with E-state index in [2.05, 4.69) is 39.9 Å². The molecule has 2 aromatic carbocycles. The summed E-state index contributed by atoms with van der Waals surface area (Å²) in [7, 11) is 0. The number of oxime groups is 1. The summed E-state index contributed by atoms with van der Waals surface area (Å²) in [4.78, 5) is 10.6. The maximum atomic E-state index is 6.20. The van der Waals surface area contributed by atoms with Crippen LogP contribution in [0.1, 0.15) is 50.2 Å². The molecule has 0 bridgehead atoms. The van der Waals surface area contributed by atoms with E-state index < -0.39 is 0 Å². The Labute approximate surface area is 203 Å². The van der Waals surface area contributed by atoms with Crippen molar-refractivity contribution in [3.8, 4) is 5.69 Å². The van der Waals surface area contributed by atoms with Gasteiger partial charge in [0.15, 0.2) is 0 Å². The van der Waals surface area contributed by atoms with Gasteiger partial charge in [0, 0.05) is 36.2 Å². The average molecular weight is 478 g/mol. The first-order chi connectivity index (χ1) is 16.6. The van der Waals surface area contributed by atoms with Crippen LogP contribution in [-0.4, -0.2) is 37.9 Å². The minimum absolute atomic E-state index is 0.248. The predicted octanol–water partition coefficient (Wildman–Crippen LogP) is 5.75. The quantitative estimate of drug-likeness (QED) is 0.251. The monoisotopic (exact) mass is 477 g/mol. The highest BCUT2D eigenvalue weighted by molar-refractivity contribution is 6.30. The van der Waals surface area contributed by atoms with Gasteiger partial charge < -0.3 is 14.1 Å². The lowest BCUT2D eigenvalue weighted by Gasteiger charge is -2.20. The number of aryl methyl sites for hydroxylation is 1. The number of aromatic nitrogens is 4. The number of fused-ring (bicyclic) bond motifs is 1. The number of ether oxygens (including phenoxy) is 1. The molecule has 0 aliphatic carbocycles. The molecule has 0 saturated carbocycles. The zero-order valence-electron chi connectivity index (χ0n) is 19.4. The molecule has 8 heteroatoms. The van der Waals surface area contributed by atoms with Gasteiger partial charge in [0.1, 0.15) is 5.82 Å². The van der Waals surface area contributed by atoms with Crippen LogP contribution in [0.5, 0.6) is 0 Å². The second kappa shape index (κ2) is 9.99. The van der Waals surface area contributed by atoms with E-state index in [1.165, 1.54) is 0 Å². The van der Waals surface area contributed by atoms with Crippen LogP contribution in [-0.2, 0) is 22.5 Å². The fourth-order valence-corrected chi connectivity index (χ4v) is 4.53. The fraction of sp³-hybridized carbons (Fsp3) is 0.346. The largest absolute Gasteiger partial charge is 0.363 e. The Kier molecular flexibility index (Phi) is 6.65. The third kappa shape index (κ3) is 4.72. The van der Waals surface area contributed by atoms with Crippen LogP contribution in [0, 0.1) is 0 Å². The van der Waals surface area contributed by atoms with Crippen molar-refractivity contribution in [2.75, 3.05) is 6.61 Å². The van der Waals surface area contributed by atoms with E-state index in [1.807, 2.05) is 48.1 Å². The molecule has 7 nitrogen and oxygen atoms in total. The highest BCUT2D eigenvalue weighted by Crippen LogP contribution is 2.23. The maximum Gasteiger partial charge on any atom is 0.226 e. The zero-order valence-corrected chi connectivity index (χ0v) is 20.2. The number of rotatable bonds is 7. The number of halogens is 1. The first kappa shape index (κ1) is 22.6. The minimum atomic E-state index is -0.248. The Morgan fingerprint density at radius 2 is 2.12 bits per heavy atom. The van der Waals surface area contributed by atoms with Gasteiger partial charge in [-0.25, -0.2) is 9.67 Å². The van der Waals surface area contributed by atoms with Gasteiger partial charge in [-0.05, 0) is 63.1 Å². The highest BCUT2D eigenvalue weighted by Gasteiger charge is 2.16. The first-order valence-electron chi connectivity index (χ1n) is 11.7. The third-order valence-electron chi connectivity index (χ3n) is 6.12.